The topological polar surface area (TPSA) is 98.0 Å². The number of fused-ring (bicyclic) bond motifs is 1. The fraction of sp³-hybridized carbons (Fsp3) is 0.267. The van der Waals surface area contributed by atoms with E-state index >= 15 is 0 Å². The molecule has 2 aromatic carbocycles. The van der Waals surface area contributed by atoms with Crippen LogP contribution in [0.1, 0.15) is 25.0 Å². The largest absolute Gasteiger partial charge is 0.504 e. The highest BCUT2D eigenvalue weighted by molar-refractivity contribution is 5.95. The molecule has 0 bridgehead atoms. The number of aryl methyl sites for hydroxylation is 2. The van der Waals surface area contributed by atoms with E-state index in [9.17, 15) is 25.2 Å². The van der Waals surface area contributed by atoms with Crippen LogP contribution in [0.25, 0.3) is 10.8 Å². The van der Waals surface area contributed by atoms with Gasteiger partial charge in [-0.25, -0.2) is 0 Å². The molecule has 0 aromatic heterocycles. The standard InChI is InChI=1S/C15H16O5/c1-3-7-5-6-9-8(4-2)12(17)15(20)14(19)10(9)13(18)11(7)16/h5-6,17,19-20H,3-4H2,1-2H3,(H,16,18). The number of phenols is 3. The number of hydrogen-bond acceptors (Lipinski definition) is 5. The van der Waals surface area contributed by atoms with Crippen LogP contribution in [0, 0.1) is 0 Å². The lowest BCUT2D eigenvalue weighted by Crippen LogP contribution is -2.01. The van der Waals surface area contributed by atoms with Crippen LogP contribution < -0.4 is 5.43 Å². The Kier molecular flexibility index (Phi) is 3.44. The minimum atomic E-state index is -0.760. The Morgan fingerprint density at radius 1 is 0.850 bits per heavy atom. The maximum atomic E-state index is 12.3. The summed E-state index contributed by atoms with van der Waals surface area (Å²) in [6.07, 6.45) is 0.810. The van der Waals surface area contributed by atoms with Gasteiger partial charge in [0, 0.05) is 5.56 Å². The molecular formula is C15H16O5. The quantitative estimate of drug-likeness (QED) is 0.630. The molecule has 2 aromatic rings. The van der Waals surface area contributed by atoms with Crippen LogP contribution in [0.4, 0.5) is 0 Å². The van der Waals surface area contributed by atoms with Gasteiger partial charge in [-0.05, 0) is 23.8 Å². The van der Waals surface area contributed by atoms with Crippen LogP contribution in [0.5, 0.6) is 23.0 Å². The van der Waals surface area contributed by atoms with Crippen molar-refractivity contribution in [1.82, 2.24) is 0 Å². The molecule has 0 aliphatic heterocycles. The molecule has 0 aliphatic carbocycles. The Morgan fingerprint density at radius 2 is 1.50 bits per heavy atom. The molecule has 5 nitrogen and oxygen atoms in total. The molecule has 2 rings (SSSR count). The Morgan fingerprint density at radius 3 is 2.05 bits per heavy atom. The highest BCUT2D eigenvalue weighted by atomic mass is 16.3. The third-order valence-corrected chi connectivity index (χ3v) is 3.50. The van der Waals surface area contributed by atoms with Crippen LogP contribution in [0.2, 0.25) is 0 Å². The second-order valence-electron chi connectivity index (χ2n) is 4.56. The molecule has 0 fully saturated rings. The summed E-state index contributed by atoms with van der Waals surface area (Å²) >= 11 is 0. The van der Waals surface area contributed by atoms with Crippen LogP contribution >= 0.6 is 0 Å². The highest BCUT2D eigenvalue weighted by Crippen LogP contribution is 2.43. The minimum absolute atomic E-state index is 0.186. The summed E-state index contributed by atoms with van der Waals surface area (Å²) in [5.74, 6) is -2.35. The van der Waals surface area contributed by atoms with Gasteiger partial charge in [-0.2, -0.15) is 0 Å². The zero-order chi connectivity index (χ0) is 15.0. The smallest absolute Gasteiger partial charge is 0.232 e. The van der Waals surface area contributed by atoms with E-state index in [2.05, 4.69) is 0 Å². The van der Waals surface area contributed by atoms with Gasteiger partial charge in [0.15, 0.2) is 17.2 Å². The Labute approximate surface area is 115 Å². The number of aromatic hydroxyl groups is 4. The van der Waals surface area contributed by atoms with Crippen molar-refractivity contribution in [1.29, 1.82) is 0 Å². The van der Waals surface area contributed by atoms with Crippen molar-refractivity contribution in [2.24, 2.45) is 0 Å². The zero-order valence-corrected chi connectivity index (χ0v) is 11.3. The number of benzene rings is 1. The highest BCUT2D eigenvalue weighted by Gasteiger charge is 2.20. The second kappa shape index (κ2) is 4.92. The molecule has 0 radical (unpaired) electrons. The number of rotatable bonds is 2. The van der Waals surface area contributed by atoms with Crippen LogP contribution in [-0.2, 0) is 12.8 Å². The zero-order valence-electron chi connectivity index (χ0n) is 11.3. The van der Waals surface area contributed by atoms with E-state index in [4.69, 9.17) is 0 Å². The average Bonchev–Trinajstić information content (AvgIpc) is 2.56. The number of phenolic OH excluding ortho intramolecular Hbond substituents is 3. The van der Waals surface area contributed by atoms with Crippen molar-refractivity contribution in [2.45, 2.75) is 26.7 Å². The first kappa shape index (κ1) is 14.0. The van der Waals surface area contributed by atoms with Gasteiger partial charge in [0.05, 0.1) is 5.39 Å². The van der Waals surface area contributed by atoms with Crippen molar-refractivity contribution >= 4 is 10.8 Å². The lowest BCUT2D eigenvalue weighted by atomic mass is 10.0. The predicted molar refractivity (Wildman–Crippen MR) is 75.6 cm³/mol. The monoisotopic (exact) mass is 276 g/mol. The van der Waals surface area contributed by atoms with E-state index in [-0.39, 0.29) is 5.39 Å². The number of hydrogen-bond donors (Lipinski definition) is 4. The van der Waals surface area contributed by atoms with Gasteiger partial charge in [0.25, 0.3) is 0 Å². The fourth-order valence-corrected chi connectivity index (χ4v) is 2.36. The van der Waals surface area contributed by atoms with E-state index in [1.807, 2.05) is 0 Å². The molecule has 20 heavy (non-hydrogen) atoms. The van der Waals surface area contributed by atoms with Crippen molar-refractivity contribution in [3.63, 3.8) is 0 Å². The molecule has 0 aliphatic rings. The molecule has 5 heteroatoms. The van der Waals surface area contributed by atoms with Crippen LogP contribution in [0.15, 0.2) is 16.9 Å². The lowest BCUT2D eigenvalue weighted by molar-refractivity contribution is 0.368. The Balaban J connectivity index is 3.17. The molecule has 0 spiro atoms. The first-order valence-corrected chi connectivity index (χ1v) is 6.38. The van der Waals surface area contributed by atoms with Gasteiger partial charge < -0.3 is 20.4 Å². The van der Waals surface area contributed by atoms with Gasteiger partial charge >= 0.3 is 0 Å². The van der Waals surface area contributed by atoms with Gasteiger partial charge in [-0.15, -0.1) is 0 Å². The molecule has 0 amide bonds. The summed E-state index contributed by atoms with van der Waals surface area (Å²) in [5, 5.41) is 39.6. The molecule has 106 valence electrons. The maximum Gasteiger partial charge on any atom is 0.232 e. The van der Waals surface area contributed by atoms with E-state index in [1.54, 1.807) is 26.0 Å². The molecule has 0 heterocycles. The summed E-state index contributed by atoms with van der Waals surface area (Å²) in [4.78, 5) is 12.3. The average molecular weight is 276 g/mol. The fourth-order valence-electron chi connectivity index (χ4n) is 2.36. The van der Waals surface area contributed by atoms with Crippen LogP contribution in [-0.4, -0.2) is 20.4 Å². The van der Waals surface area contributed by atoms with Crippen molar-refractivity contribution < 1.29 is 20.4 Å². The van der Waals surface area contributed by atoms with Gasteiger partial charge in [-0.1, -0.05) is 26.0 Å². The lowest BCUT2D eigenvalue weighted by Gasteiger charge is -2.09. The minimum Gasteiger partial charge on any atom is -0.504 e. The predicted octanol–water partition coefficient (Wildman–Crippen LogP) is 2.15. The van der Waals surface area contributed by atoms with Crippen molar-refractivity contribution in [3.05, 3.63) is 33.5 Å². The Bertz CT molecular complexity index is 750. The third kappa shape index (κ3) is 1.82. The summed E-state index contributed by atoms with van der Waals surface area (Å²) < 4.78 is 0. The van der Waals surface area contributed by atoms with E-state index in [1.165, 1.54) is 0 Å². The summed E-state index contributed by atoms with van der Waals surface area (Å²) in [7, 11) is 0. The molecule has 0 atom stereocenters. The second-order valence-corrected chi connectivity index (χ2v) is 4.56. The normalized spacial score (nSPS) is 10.9. The SMILES string of the molecule is CCc1ccc2c(CC)c(O)c(O)c(O)c2c(=O)c1O. The van der Waals surface area contributed by atoms with Gasteiger partial charge in [-0.3, -0.25) is 4.79 Å². The van der Waals surface area contributed by atoms with E-state index in [0.717, 1.165) is 0 Å². The van der Waals surface area contributed by atoms with E-state index in [0.29, 0.717) is 29.4 Å². The van der Waals surface area contributed by atoms with Gasteiger partial charge in [0.1, 0.15) is 0 Å². The summed E-state index contributed by atoms with van der Waals surface area (Å²) in [5.41, 5.74) is 0.0287. The van der Waals surface area contributed by atoms with E-state index < -0.39 is 28.4 Å². The first-order valence-electron chi connectivity index (χ1n) is 6.38. The molecule has 0 saturated carbocycles. The molecule has 0 saturated heterocycles. The first-order chi connectivity index (χ1) is 9.43. The van der Waals surface area contributed by atoms with Crippen LogP contribution in [0.3, 0.4) is 0 Å². The Hall–Kier alpha value is -2.43. The molecular weight excluding hydrogens is 260 g/mol. The molecule has 0 unspecified atom stereocenters. The summed E-state index contributed by atoms with van der Waals surface area (Å²) in [6.45, 7) is 3.54. The maximum absolute atomic E-state index is 12.3. The van der Waals surface area contributed by atoms with Gasteiger partial charge in [0.2, 0.25) is 11.2 Å². The van der Waals surface area contributed by atoms with Crippen molar-refractivity contribution in [3.8, 4) is 23.0 Å². The third-order valence-electron chi connectivity index (χ3n) is 3.50. The van der Waals surface area contributed by atoms with Crippen molar-refractivity contribution in [2.75, 3.05) is 0 Å². The summed E-state index contributed by atoms with van der Waals surface area (Å²) in [6, 6.07) is 3.14. The molecule has 4 N–H and O–H groups in total.